The van der Waals surface area contributed by atoms with Crippen molar-refractivity contribution in [2.75, 3.05) is 0 Å². The Bertz CT molecular complexity index is 3590. The van der Waals surface area contributed by atoms with Crippen LogP contribution in [-0.4, -0.2) is 4.98 Å². The minimum absolute atomic E-state index is 0.953. The summed E-state index contributed by atoms with van der Waals surface area (Å²) in [5.74, 6) is 0. The van der Waals surface area contributed by atoms with E-state index in [2.05, 4.69) is 249 Å². The van der Waals surface area contributed by atoms with Crippen LogP contribution in [0.4, 0.5) is 0 Å². The molecule has 0 fully saturated rings. The highest BCUT2D eigenvalue weighted by Crippen LogP contribution is 2.46. The number of fused-ring (bicyclic) bond motifs is 3. The Labute approximate surface area is 385 Å². The first-order valence-corrected chi connectivity index (χ1v) is 22.7. The molecule has 12 aromatic rings. The molecule has 11 aromatic carbocycles. The topological polar surface area (TPSA) is 12.9 Å². The summed E-state index contributed by atoms with van der Waals surface area (Å²) in [6.07, 6.45) is 1.87. The fraction of sp³-hybridized carbons (Fsp3) is 0. The van der Waals surface area contributed by atoms with Gasteiger partial charge in [0.15, 0.2) is 0 Å². The van der Waals surface area contributed by atoms with Gasteiger partial charge in [0, 0.05) is 11.8 Å². The predicted octanol–water partition coefficient (Wildman–Crippen LogP) is 17.9. The van der Waals surface area contributed by atoms with Gasteiger partial charge in [0.1, 0.15) is 0 Å². The minimum Gasteiger partial charge on any atom is -0.256 e. The average Bonchev–Trinajstić information content (AvgIpc) is 3.40. The van der Waals surface area contributed by atoms with Gasteiger partial charge in [-0.2, -0.15) is 0 Å². The minimum atomic E-state index is 0.953. The Morgan fingerprint density at radius 3 is 1.21 bits per heavy atom. The molecule has 0 aliphatic carbocycles. The lowest BCUT2D eigenvalue weighted by atomic mass is 9.84. The van der Waals surface area contributed by atoms with Crippen LogP contribution in [0.3, 0.4) is 0 Å². The fourth-order valence-corrected chi connectivity index (χ4v) is 9.92. The smallest absolute Gasteiger partial charge is 0.0702 e. The Balaban J connectivity index is 1.14. The van der Waals surface area contributed by atoms with Crippen LogP contribution in [0.1, 0.15) is 0 Å². The summed E-state index contributed by atoms with van der Waals surface area (Å²) in [4.78, 5) is 4.73. The van der Waals surface area contributed by atoms with E-state index in [-0.39, 0.29) is 0 Å². The molecule has 0 radical (unpaired) electrons. The van der Waals surface area contributed by atoms with E-state index in [1.807, 2.05) is 12.3 Å². The van der Waals surface area contributed by atoms with E-state index in [0.717, 1.165) is 39.1 Å². The Kier molecular flexibility index (Phi) is 9.93. The first kappa shape index (κ1) is 39.0. The van der Waals surface area contributed by atoms with E-state index < -0.39 is 0 Å². The van der Waals surface area contributed by atoms with Crippen LogP contribution in [0, 0.1) is 0 Å². The number of benzene rings is 11. The number of hydrogen-bond acceptors (Lipinski definition) is 1. The zero-order valence-electron chi connectivity index (χ0n) is 36.3. The first-order valence-electron chi connectivity index (χ1n) is 22.7. The molecular weight excluding hydrogens is 795 g/mol. The van der Waals surface area contributed by atoms with E-state index in [0.29, 0.717) is 0 Å². The molecule has 1 aromatic heterocycles. The van der Waals surface area contributed by atoms with E-state index in [1.54, 1.807) is 0 Å². The van der Waals surface area contributed by atoms with Crippen LogP contribution >= 0.6 is 0 Å². The van der Waals surface area contributed by atoms with E-state index in [1.165, 1.54) is 82.4 Å². The molecule has 0 saturated carbocycles. The molecule has 0 aliphatic rings. The third kappa shape index (κ3) is 7.23. The van der Waals surface area contributed by atoms with Crippen LogP contribution in [-0.2, 0) is 0 Å². The summed E-state index contributed by atoms with van der Waals surface area (Å²) in [6.45, 7) is 0. The van der Waals surface area contributed by atoms with Crippen molar-refractivity contribution in [3.8, 4) is 89.1 Å². The second-order valence-corrected chi connectivity index (χ2v) is 17.1. The molecule has 1 nitrogen and oxygen atoms in total. The van der Waals surface area contributed by atoms with Crippen molar-refractivity contribution >= 4 is 32.3 Å². The van der Waals surface area contributed by atoms with Crippen LogP contribution in [0.2, 0.25) is 0 Å². The lowest BCUT2D eigenvalue weighted by molar-refractivity contribution is 1.33. The number of rotatable bonds is 8. The van der Waals surface area contributed by atoms with Crippen molar-refractivity contribution in [3.05, 3.63) is 261 Å². The van der Waals surface area contributed by atoms with Gasteiger partial charge in [-0.3, -0.25) is 4.98 Å². The van der Waals surface area contributed by atoms with Crippen molar-refractivity contribution in [3.63, 3.8) is 0 Å². The number of hydrogen-bond donors (Lipinski definition) is 0. The maximum Gasteiger partial charge on any atom is 0.0702 e. The molecule has 0 unspecified atom stereocenters. The predicted molar refractivity (Wildman–Crippen MR) is 280 cm³/mol. The average molecular weight is 838 g/mol. The quantitative estimate of drug-likeness (QED) is 0.149. The number of pyridine rings is 1. The Morgan fingerprint density at radius 2 is 0.606 bits per heavy atom. The van der Waals surface area contributed by atoms with Crippen molar-refractivity contribution in [1.29, 1.82) is 0 Å². The molecule has 0 amide bonds. The summed E-state index contributed by atoms with van der Waals surface area (Å²) in [5, 5.41) is 7.39. The summed E-state index contributed by atoms with van der Waals surface area (Å²) in [6, 6.07) is 93.1. The summed E-state index contributed by atoms with van der Waals surface area (Å²) in [5.41, 5.74) is 18.6. The molecule has 0 spiro atoms. The summed E-state index contributed by atoms with van der Waals surface area (Å²) >= 11 is 0. The van der Waals surface area contributed by atoms with Gasteiger partial charge in [-0.1, -0.05) is 200 Å². The van der Waals surface area contributed by atoms with E-state index in [4.69, 9.17) is 4.98 Å². The highest BCUT2D eigenvalue weighted by Gasteiger charge is 2.19. The third-order valence-electron chi connectivity index (χ3n) is 13.1. The molecule has 66 heavy (non-hydrogen) atoms. The highest BCUT2D eigenvalue weighted by molar-refractivity contribution is 6.17. The van der Waals surface area contributed by atoms with Crippen LogP contribution < -0.4 is 0 Å². The molecule has 12 rings (SSSR count). The van der Waals surface area contributed by atoms with Gasteiger partial charge in [-0.25, -0.2) is 0 Å². The molecule has 0 bridgehead atoms. The second kappa shape index (κ2) is 16.8. The molecule has 0 aliphatic heterocycles. The maximum absolute atomic E-state index is 4.73. The van der Waals surface area contributed by atoms with Gasteiger partial charge in [0.05, 0.1) is 5.69 Å². The molecular formula is C65H43N. The van der Waals surface area contributed by atoms with Gasteiger partial charge in [-0.05, 0) is 165 Å². The molecule has 1 heterocycles. The van der Waals surface area contributed by atoms with Gasteiger partial charge in [0.2, 0.25) is 0 Å². The molecule has 1 heteroatoms. The molecule has 308 valence electrons. The second-order valence-electron chi connectivity index (χ2n) is 17.1. The normalized spacial score (nSPS) is 11.3. The van der Waals surface area contributed by atoms with Gasteiger partial charge >= 0.3 is 0 Å². The number of aromatic nitrogens is 1. The van der Waals surface area contributed by atoms with E-state index >= 15 is 0 Å². The highest BCUT2D eigenvalue weighted by atomic mass is 14.7. The maximum atomic E-state index is 4.73. The monoisotopic (exact) mass is 837 g/mol. The standard InChI is InChI=1S/C65H43N/c1-3-17-44(18-4-1)50-38-51(45-19-5-2-6-20-45)40-53(39-50)54-41-52(48-25-13-26-49(37-48)64-33-11-12-36-66-64)42-55(43-54)58-34-35-63(60-30-15-24-47-22-8-10-28-57(47)60)65-61(58)31-16-32-62(65)59-29-14-23-46-21-7-9-27-56(46)59/h1-43H. The SMILES string of the molecule is c1ccc(-c2cc(-c3ccccc3)cc(-c3cc(-c4cccc(-c5ccccn5)c4)cc(-c4ccc(-c5cccc6ccccc56)c5c(-c6cccc7ccccc67)cccc45)c3)c2)cc1. The van der Waals surface area contributed by atoms with Crippen molar-refractivity contribution in [2.45, 2.75) is 0 Å². The van der Waals surface area contributed by atoms with Crippen LogP contribution in [0.25, 0.3) is 121 Å². The Morgan fingerprint density at radius 1 is 0.212 bits per heavy atom. The van der Waals surface area contributed by atoms with Crippen LogP contribution in [0.15, 0.2) is 261 Å². The summed E-state index contributed by atoms with van der Waals surface area (Å²) in [7, 11) is 0. The zero-order chi connectivity index (χ0) is 43.8. The van der Waals surface area contributed by atoms with Crippen LogP contribution in [0.5, 0.6) is 0 Å². The van der Waals surface area contributed by atoms with E-state index in [9.17, 15) is 0 Å². The van der Waals surface area contributed by atoms with Gasteiger partial charge in [-0.15, -0.1) is 0 Å². The van der Waals surface area contributed by atoms with Crippen molar-refractivity contribution in [2.24, 2.45) is 0 Å². The summed E-state index contributed by atoms with van der Waals surface area (Å²) < 4.78 is 0. The Hall–Kier alpha value is -8.65. The largest absolute Gasteiger partial charge is 0.256 e. The number of nitrogens with zero attached hydrogens (tertiary/aromatic N) is 1. The van der Waals surface area contributed by atoms with Crippen molar-refractivity contribution < 1.29 is 0 Å². The van der Waals surface area contributed by atoms with Crippen molar-refractivity contribution in [1.82, 2.24) is 4.98 Å². The van der Waals surface area contributed by atoms with Gasteiger partial charge < -0.3 is 0 Å². The zero-order valence-corrected chi connectivity index (χ0v) is 36.3. The first-order chi connectivity index (χ1) is 32.7. The lowest BCUT2D eigenvalue weighted by Gasteiger charge is -2.19. The molecule has 0 atom stereocenters. The molecule has 0 saturated heterocycles. The molecule has 0 N–H and O–H groups in total. The van der Waals surface area contributed by atoms with Gasteiger partial charge in [0.25, 0.3) is 0 Å². The lowest BCUT2D eigenvalue weighted by Crippen LogP contribution is -1.93. The fourth-order valence-electron chi connectivity index (χ4n) is 9.92. The third-order valence-corrected chi connectivity index (χ3v) is 13.1.